The fourth-order valence-corrected chi connectivity index (χ4v) is 2.85. The monoisotopic (exact) mass is 351 g/mol. The second kappa shape index (κ2) is 7.83. The van der Waals surface area contributed by atoms with Gasteiger partial charge in [0.25, 0.3) is 0 Å². The van der Waals surface area contributed by atoms with E-state index in [0.29, 0.717) is 45.1 Å². The fraction of sp³-hybridized carbons (Fsp3) is 0.286. The average Bonchev–Trinajstić information content (AvgIpc) is 2.58. The molecule has 0 aliphatic heterocycles. The lowest BCUT2D eigenvalue weighted by Crippen LogP contribution is -2.12. The predicted octanol–water partition coefficient (Wildman–Crippen LogP) is 3.52. The van der Waals surface area contributed by atoms with E-state index in [9.17, 15) is 9.59 Å². The number of Topliss-reactive ketones (excluding diaryl/α,β-unsaturated/α-hetero) is 2. The Labute approximate surface area is 153 Å². The van der Waals surface area contributed by atoms with Crippen LogP contribution < -0.4 is 9.47 Å². The maximum Gasteiger partial charge on any atom is 0.162 e. The van der Waals surface area contributed by atoms with Crippen LogP contribution in [0.4, 0.5) is 0 Å². The number of benzene rings is 1. The Morgan fingerprint density at radius 2 is 1.31 bits per heavy atom. The Morgan fingerprint density at radius 1 is 0.846 bits per heavy atom. The van der Waals surface area contributed by atoms with Gasteiger partial charge in [-0.05, 0) is 39.8 Å². The van der Waals surface area contributed by atoms with Crippen LogP contribution >= 0.6 is 0 Å². The maximum absolute atomic E-state index is 12.1. The summed E-state index contributed by atoms with van der Waals surface area (Å²) in [5.41, 5.74) is 2.94. The molecule has 0 aliphatic carbocycles. The van der Waals surface area contributed by atoms with Gasteiger partial charge < -0.3 is 9.47 Å². The van der Waals surface area contributed by atoms with Crippen LogP contribution in [0, 0.1) is 25.7 Å². The van der Waals surface area contributed by atoms with Gasteiger partial charge in [-0.3, -0.25) is 14.6 Å². The van der Waals surface area contributed by atoms with Crippen LogP contribution in [0.2, 0.25) is 0 Å². The molecule has 0 spiro atoms. The zero-order valence-electron chi connectivity index (χ0n) is 15.8. The van der Waals surface area contributed by atoms with Gasteiger partial charge >= 0.3 is 0 Å². The Morgan fingerprint density at radius 3 is 1.69 bits per heavy atom. The third-order valence-electron chi connectivity index (χ3n) is 3.95. The topological polar surface area (TPSA) is 65.5 Å². The van der Waals surface area contributed by atoms with Crippen molar-refractivity contribution < 1.29 is 19.1 Å². The SMILES string of the molecule is COc1cc(C#Cc2c(C(C)=O)c(C)nc(C)c2C(C)=O)cc(OC)c1. The predicted molar refractivity (Wildman–Crippen MR) is 99.2 cm³/mol. The quantitative estimate of drug-likeness (QED) is 0.623. The van der Waals surface area contributed by atoms with Crippen molar-refractivity contribution in [3.8, 4) is 23.3 Å². The summed E-state index contributed by atoms with van der Waals surface area (Å²) >= 11 is 0. The molecule has 1 aromatic carbocycles. The summed E-state index contributed by atoms with van der Waals surface area (Å²) in [5, 5.41) is 0. The minimum atomic E-state index is -0.176. The van der Waals surface area contributed by atoms with Crippen LogP contribution in [0.1, 0.15) is 57.1 Å². The van der Waals surface area contributed by atoms with Gasteiger partial charge in [0.1, 0.15) is 11.5 Å². The molecule has 134 valence electrons. The first-order valence-corrected chi connectivity index (χ1v) is 8.06. The van der Waals surface area contributed by atoms with Crippen LogP contribution in [0.5, 0.6) is 11.5 Å². The molecule has 1 aromatic heterocycles. The first kappa shape index (κ1) is 19.2. The summed E-state index contributed by atoms with van der Waals surface area (Å²) in [6.07, 6.45) is 0. The summed E-state index contributed by atoms with van der Waals surface area (Å²) in [6.45, 7) is 6.38. The van der Waals surface area contributed by atoms with Crippen LogP contribution in [-0.4, -0.2) is 30.8 Å². The van der Waals surface area contributed by atoms with E-state index in [-0.39, 0.29) is 11.6 Å². The van der Waals surface area contributed by atoms with E-state index in [2.05, 4.69) is 16.8 Å². The molecule has 0 bridgehead atoms. The van der Waals surface area contributed by atoms with Crippen molar-refractivity contribution in [3.05, 3.63) is 51.8 Å². The number of rotatable bonds is 4. The molecule has 2 rings (SSSR count). The van der Waals surface area contributed by atoms with E-state index in [0.717, 1.165) is 0 Å². The highest BCUT2D eigenvalue weighted by molar-refractivity contribution is 6.04. The number of hydrogen-bond donors (Lipinski definition) is 0. The highest BCUT2D eigenvalue weighted by Crippen LogP contribution is 2.24. The summed E-state index contributed by atoms with van der Waals surface area (Å²) in [4.78, 5) is 28.6. The molecular formula is C21H21NO4. The standard InChI is InChI=1S/C21H21NO4/c1-12-20(14(3)23)19(21(15(4)24)13(2)22-12)8-7-16-9-17(25-5)11-18(10-16)26-6/h9-11H,1-6H3. The fourth-order valence-electron chi connectivity index (χ4n) is 2.85. The van der Waals surface area contributed by atoms with Gasteiger partial charge in [0.2, 0.25) is 0 Å². The smallest absolute Gasteiger partial charge is 0.162 e. The molecule has 1 heterocycles. The molecular weight excluding hydrogens is 330 g/mol. The highest BCUT2D eigenvalue weighted by Gasteiger charge is 2.20. The molecule has 0 saturated carbocycles. The average molecular weight is 351 g/mol. The lowest BCUT2D eigenvalue weighted by Gasteiger charge is -2.12. The first-order valence-electron chi connectivity index (χ1n) is 8.06. The van der Waals surface area contributed by atoms with Gasteiger partial charge in [0, 0.05) is 23.0 Å². The molecule has 5 nitrogen and oxygen atoms in total. The lowest BCUT2D eigenvalue weighted by atomic mass is 9.94. The number of pyridine rings is 1. The minimum Gasteiger partial charge on any atom is -0.497 e. The second-order valence-corrected chi connectivity index (χ2v) is 5.87. The number of carbonyl (C=O) groups excluding carboxylic acids is 2. The number of nitrogens with zero attached hydrogens (tertiary/aromatic N) is 1. The van der Waals surface area contributed by atoms with Gasteiger partial charge in [-0.25, -0.2) is 0 Å². The lowest BCUT2D eigenvalue weighted by molar-refractivity contribution is 0.101. The summed E-state index contributed by atoms with van der Waals surface area (Å²) in [7, 11) is 3.12. The van der Waals surface area contributed by atoms with E-state index < -0.39 is 0 Å². The summed E-state index contributed by atoms with van der Waals surface area (Å²) in [6, 6.07) is 5.27. The number of methoxy groups -OCH3 is 2. The van der Waals surface area contributed by atoms with E-state index in [1.807, 2.05) is 0 Å². The molecule has 0 fully saturated rings. The zero-order chi connectivity index (χ0) is 19.4. The van der Waals surface area contributed by atoms with Crippen molar-refractivity contribution >= 4 is 11.6 Å². The molecule has 0 unspecified atom stereocenters. The van der Waals surface area contributed by atoms with Crippen molar-refractivity contribution in [1.29, 1.82) is 0 Å². The molecule has 0 radical (unpaired) electrons. The molecule has 0 aliphatic rings. The Bertz CT molecular complexity index is 888. The van der Waals surface area contributed by atoms with Crippen molar-refractivity contribution in [2.24, 2.45) is 0 Å². The van der Waals surface area contributed by atoms with Crippen molar-refractivity contribution in [3.63, 3.8) is 0 Å². The van der Waals surface area contributed by atoms with Gasteiger partial charge in [0.05, 0.1) is 30.9 Å². The van der Waals surface area contributed by atoms with Crippen LogP contribution in [-0.2, 0) is 0 Å². The molecule has 2 aromatic rings. The molecule has 0 amide bonds. The van der Waals surface area contributed by atoms with Crippen molar-refractivity contribution in [2.75, 3.05) is 14.2 Å². The third kappa shape index (κ3) is 3.92. The number of aryl methyl sites for hydroxylation is 2. The van der Waals surface area contributed by atoms with Gasteiger partial charge in [-0.1, -0.05) is 11.8 Å². The van der Waals surface area contributed by atoms with Crippen molar-refractivity contribution in [1.82, 2.24) is 4.98 Å². The van der Waals surface area contributed by atoms with E-state index in [4.69, 9.17) is 9.47 Å². The second-order valence-electron chi connectivity index (χ2n) is 5.87. The Hall–Kier alpha value is -3.13. The molecule has 5 heteroatoms. The first-order chi connectivity index (χ1) is 12.3. The highest BCUT2D eigenvalue weighted by atomic mass is 16.5. The maximum atomic E-state index is 12.1. The van der Waals surface area contributed by atoms with Crippen LogP contribution in [0.3, 0.4) is 0 Å². The van der Waals surface area contributed by atoms with E-state index in [1.165, 1.54) is 13.8 Å². The number of hydrogen-bond acceptors (Lipinski definition) is 5. The number of aromatic nitrogens is 1. The number of ether oxygens (including phenoxy) is 2. The van der Waals surface area contributed by atoms with E-state index >= 15 is 0 Å². The molecule has 26 heavy (non-hydrogen) atoms. The van der Waals surface area contributed by atoms with Gasteiger partial charge in [0.15, 0.2) is 11.6 Å². The number of ketones is 2. The van der Waals surface area contributed by atoms with E-state index in [1.54, 1.807) is 46.3 Å². The largest absolute Gasteiger partial charge is 0.497 e. The Balaban J connectivity index is 2.73. The zero-order valence-corrected chi connectivity index (χ0v) is 15.8. The van der Waals surface area contributed by atoms with Gasteiger partial charge in [-0.2, -0.15) is 0 Å². The molecule has 0 atom stereocenters. The molecule has 0 N–H and O–H groups in total. The summed E-state index contributed by atoms with van der Waals surface area (Å²) in [5.74, 6) is 6.88. The Kier molecular flexibility index (Phi) is 5.78. The van der Waals surface area contributed by atoms with Crippen molar-refractivity contribution in [2.45, 2.75) is 27.7 Å². The minimum absolute atomic E-state index is 0.176. The summed E-state index contributed by atoms with van der Waals surface area (Å²) < 4.78 is 10.5. The molecule has 0 saturated heterocycles. The normalized spacial score (nSPS) is 9.92. The van der Waals surface area contributed by atoms with Crippen LogP contribution in [0.25, 0.3) is 0 Å². The number of carbonyl (C=O) groups is 2. The third-order valence-corrected chi connectivity index (χ3v) is 3.95. The van der Waals surface area contributed by atoms with Gasteiger partial charge in [-0.15, -0.1) is 0 Å². The van der Waals surface area contributed by atoms with Crippen LogP contribution in [0.15, 0.2) is 18.2 Å².